The molecule has 4 nitrogen and oxygen atoms in total. The largest absolute Gasteiger partial charge is 0.691 e. The fraction of sp³-hybridized carbons (Fsp3) is 1.00. The van der Waals surface area contributed by atoms with Gasteiger partial charge in [0, 0.05) is 23.2 Å². The average Bonchev–Trinajstić information content (AvgIpc) is 2.52. The van der Waals surface area contributed by atoms with E-state index in [1.54, 1.807) is 0 Å². The van der Waals surface area contributed by atoms with Gasteiger partial charge in [0.05, 0.1) is 6.10 Å². The molecule has 0 aromatic carbocycles. The maximum Gasteiger partial charge on any atom is 0.0613 e. The molecule has 5 heteroatoms. The Morgan fingerprint density at radius 1 is 1.53 bits per heavy atom. The molecule has 15 heavy (non-hydrogen) atoms. The van der Waals surface area contributed by atoms with Gasteiger partial charge in [-0.1, -0.05) is 13.8 Å². The predicted molar refractivity (Wildman–Crippen MR) is 54.2 cm³/mol. The Bertz CT molecular complexity index is 246. The van der Waals surface area contributed by atoms with Crippen LogP contribution in [0.25, 0.3) is 0 Å². The highest BCUT2D eigenvalue weighted by atomic mass is 32.2. The smallest absolute Gasteiger partial charge is 0.0613 e. The van der Waals surface area contributed by atoms with Crippen LogP contribution in [0.1, 0.15) is 33.1 Å². The Balaban J connectivity index is 2.09. The van der Waals surface area contributed by atoms with Gasteiger partial charge in [-0.3, -0.25) is 5.04 Å². The molecule has 0 saturated heterocycles. The summed E-state index contributed by atoms with van der Waals surface area (Å²) in [5, 5.41) is 23.2. The van der Waals surface area contributed by atoms with Crippen LogP contribution in [0.2, 0.25) is 0 Å². The normalized spacial score (nSPS) is 42.4. The molecule has 0 aliphatic heterocycles. The van der Waals surface area contributed by atoms with Crippen LogP contribution in [-0.4, -0.2) is 17.0 Å². The van der Waals surface area contributed by atoms with Crippen molar-refractivity contribution in [2.24, 2.45) is 16.7 Å². The summed E-state index contributed by atoms with van der Waals surface area (Å²) in [7, 11) is 0. The molecule has 2 saturated carbocycles. The molecule has 2 fully saturated rings. The number of fused-ring (bicyclic) bond motifs is 2. The summed E-state index contributed by atoms with van der Waals surface area (Å²) >= 11 is 1.01. The second-order valence-corrected chi connectivity index (χ2v) is 5.92. The van der Waals surface area contributed by atoms with Crippen LogP contribution in [0, 0.1) is 16.7 Å². The van der Waals surface area contributed by atoms with Crippen LogP contribution in [0.3, 0.4) is 0 Å². The highest BCUT2D eigenvalue weighted by molar-refractivity contribution is 7.94. The van der Waals surface area contributed by atoms with E-state index in [4.69, 9.17) is 0 Å². The van der Waals surface area contributed by atoms with Gasteiger partial charge in [-0.15, -0.1) is 0 Å². The predicted octanol–water partition coefficient (Wildman–Crippen LogP) is 1.05. The summed E-state index contributed by atoms with van der Waals surface area (Å²) in [6.07, 6.45) is 2.80. The second-order valence-electron chi connectivity index (χ2n) is 5.26. The molecule has 0 aromatic rings. The Labute approximate surface area is 94.0 Å². The van der Waals surface area contributed by atoms with E-state index in [-0.39, 0.29) is 16.9 Å². The topological polar surface area (TPSA) is 61.8 Å². The standard InChI is InChI=1S/C10H18O4S/c1-9(2)7-3-4-10(9,8(11)5-7)6-15-14-13-12/h7-8,11-12H,3-6H2,1-2H3/p-1. The highest BCUT2D eigenvalue weighted by Gasteiger charge is 2.63. The van der Waals surface area contributed by atoms with E-state index in [1.165, 1.54) is 6.42 Å². The lowest BCUT2D eigenvalue weighted by atomic mass is 9.70. The summed E-state index contributed by atoms with van der Waals surface area (Å²) in [4.78, 5) is 0. The van der Waals surface area contributed by atoms with Crippen LogP contribution in [0.4, 0.5) is 0 Å². The molecule has 2 bridgehead atoms. The van der Waals surface area contributed by atoms with Gasteiger partial charge in [0.2, 0.25) is 0 Å². The van der Waals surface area contributed by atoms with E-state index in [1.807, 2.05) is 0 Å². The van der Waals surface area contributed by atoms with Gasteiger partial charge >= 0.3 is 0 Å². The molecular weight excluding hydrogens is 216 g/mol. The van der Waals surface area contributed by atoms with E-state index in [2.05, 4.69) is 23.2 Å². The zero-order valence-electron chi connectivity index (χ0n) is 9.06. The van der Waals surface area contributed by atoms with Gasteiger partial charge in [0.25, 0.3) is 0 Å². The Kier molecular flexibility index (Phi) is 3.03. The first-order valence-corrected chi connectivity index (χ1v) is 6.22. The first kappa shape index (κ1) is 11.7. The SMILES string of the molecule is CC1(C)C2CCC1(CSOO[O-])C(O)C2. The average molecular weight is 233 g/mol. The molecule has 3 unspecified atom stereocenters. The molecule has 2 aliphatic carbocycles. The summed E-state index contributed by atoms with van der Waals surface area (Å²) in [5.41, 5.74) is 0.0204. The third-order valence-corrected chi connectivity index (χ3v) is 5.57. The van der Waals surface area contributed by atoms with E-state index in [9.17, 15) is 10.4 Å². The molecule has 0 radical (unpaired) electrons. The van der Waals surface area contributed by atoms with E-state index in [0.717, 1.165) is 24.9 Å². The van der Waals surface area contributed by atoms with Gasteiger partial charge in [0.1, 0.15) is 0 Å². The van der Waals surface area contributed by atoms with Crippen molar-refractivity contribution in [3.8, 4) is 0 Å². The van der Waals surface area contributed by atoms with Gasteiger partial charge in [-0.05, 0) is 30.6 Å². The summed E-state index contributed by atoms with van der Waals surface area (Å²) in [6.45, 7) is 4.42. The zero-order chi connectivity index (χ0) is 11.1. The second kappa shape index (κ2) is 3.89. The Hall–Kier alpha value is 0.190. The van der Waals surface area contributed by atoms with Crippen molar-refractivity contribution in [3.63, 3.8) is 0 Å². The van der Waals surface area contributed by atoms with Crippen LogP contribution < -0.4 is 5.26 Å². The summed E-state index contributed by atoms with van der Waals surface area (Å²) in [5.74, 6) is 1.22. The fourth-order valence-corrected chi connectivity index (χ4v) is 4.53. The number of aliphatic hydroxyl groups is 1. The van der Waals surface area contributed by atoms with Crippen LogP contribution >= 0.6 is 12.0 Å². The maximum absolute atomic E-state index is 10.1. The summed E-state index contributed by atoms with van der Waals surface area (Å²) in [6, 6.07) is 0. The number of hydrogen-bond donors (Lipinski definition) is 1. The van der Waals surface area contributed by atoms with E-state index >= 15 is 0 Å². The summed E-state index contributed by atoms with van der Waals surface area (Å²) < 4.78 is 4.33. The Morgan fingerprint density at radius 2 is 2.27 bits per heavy atom. The molecule has 0 aromatic heterocycles. The van der Waals surface area contributed by atoms with E-state index < -0.39 is 0 Å². The molecule has 1 N–H and O–H groups in total. The van der Waals surface area contributed by atoms with Crippen molar-refractivity contribution in [2.45, 2.75) is 39.2 Å². The van der Waals surface area contributed by atoms with Crippen molar-refractivity contribution in [1.82, 2.24) is 0 Å². The first-order chi connectivity index (χ1) is 7.04. The first-order valence-electron chi connectivity index (χ1n) is 5.31. The van der Waals surface area contributed by atoms with Gasteiger partial charge < -0.3 is 10.4 Å². The quantitative estimate of drug-likeness (QED) is 0.340. The number of rotatable bonds is 4. The van der Waals surface area contributed by atoms with Crippen molar-refractivity contribution in [3.05, 3.63) is 0 Å². The molecular formula is C10H17O4S-. The lowest BCUT2D eigenvalue weighted by Gasteiger charge is -2.39. The lowest BCUT2D eigenvalue weighted by Crippen LogP contribution is -2.41. The Morgan fingerprint density at radius 3 is 2.73 bits per heavy atom. The third kappa shape index (κ3) is 1.52. The minimum atomic E-state index is -0.269. The van der Waals surface area contributed by atoms with Crippen LogP contribution in [0.15, 0.2) is 0 Å². The molecule has 0 heterocycles. The van der Waals surface area contributed by atoms with Gasteiger partial charge in [0.15, 0.2) is 0 Å². The van der Waals surface area contributed by atoms with Crippen LogP contribution in [0.5, 0.6) is 0 Å². The number of aliphatic hydroxyl groups excluding tert-OH is 1. The van der Waals surface area contributed by atoms with Crippen molar-refractivity contribution in [2.75, 3.05) is 5.75 Å². The molecule has 2 aliphatic rings. The zero-order valence-corrected chi connectivity index (χ0v) is 9.88. The van der Waals surface area contributed by atoms with E-state index in [0.29, 0.717) is 11.7 Å². The molecule has 0 spiro atoms. The van der Waals surface area contributed by atoms with Gasteiger partial charge in [-0.2, -0.15) is 4.33 Å². The van der Waals surface area contributed by atoms with Crippen LogP contribution in [-0.2, 0) is 9.37 Å². The van der Waals surface area contributed by atoms with Crippen molar-refractivity contribution < 1.29 is 19.7 Å². The maximum atomic E-state index is 10.1. The molecule has 2 rings (SSSR count). The monoisotopic (exact) mass is 233 g/mol. The minimum Gasteiger partial charge on any atom is -0.691 e. The number of hydrogen-bond acceptors (Lipinski definition) is 5. The third-order valence-electron chi connectivity index (χ3n) is 4.78. The highest BCUT2D eigenvalue weighted by Crippen LogP contribution is 2.66. The molecule has 3 atom stereocenters. The lowest BCUT2D eigenvalue weighted by molar-refractivity contribution is -0.777. The van der Waals surface area contributed by atoms with Crippen molar-refractivity contribution >= 4 is 12.0 Å². The minimum absolute atomic E-state index is 0.110. The van der Waals surface area contributed by atoms with Crippen molar-refractivity contribution in [1.29, 1.82) is 0 Å². The fourth-order valence-electron chi connectivity index (χ4n) is 3.53. The molecule has 0 amide bonds. The molecule has 88 valence electrons. The van der Waals surface area contributed by atoms with Gasteiger partial charge in [-0.25, -0.2) is 0 Å².